The number of nitrogens with zero attached hydrogens (tertiary/aromatic N) is 3. The predicted molar refractivity (Wildman–Crippen MR) is 58.6 cm³/mol. The Morgan fingerprint density at radius 3 is 2.85 bits per heavy atom. The number of nitrogens with two attached hydrogens (primary N) is 1. The Hall–Kier alpha value is -0.0700. The number of halogens is 1. The van der Waals surface area contributed by atoms with Crippen molar-refractivity contribution in [1.29, 1.82) is 0 Å². The average Bonchev–Trinajstić information content (AvgIpc) is 2.42. The zero-order chi connectivity index (χ0) is 9.84. The molecule has 1 heterocycles. The summed E-state index contributed by atoms with van der Waals surface area (Å²) in [4.78, 5) is 0. The van der Waals surface area contributed by atoms with Crippen LogP contribution in [0.3, 0.4) is 0 Å². The quantitative estimate of drug-likeness (QED) is 0.892. The van der Waals surface area contributed by atoms with Crippen molar-refractivity contribution in [2.24, 2.45) is 12.8 Å². The minimum Gasteiger partial charge on any atom is -0.322 e. The molecular formula is C7H13BrN4S. The number of aryl methyl sites for hydroxylation is 1. The molecule has 0 saturated carbocycles. The molecular weight excluding hydrogens is 252 g/mol. The van der Waals surface area contributed by atoms with E-state index < -0.39 is 0 Å². The van der Waals surface area contributed by atoms with Gasteiger partial charge in [0.2, 0.25) is 0 Å². The van der Waals surface area contributed by atoms with Gasteiger partial charge < -0.3 is 5.73 Å². The van der Waals surface area contributed by atoms with E-state index in [9.17, 15) is 0 Å². The highest BCUT2D eigenvalue weighted by atomic mass is 79.9. The third kappa shape index (κ3) is 2.69. The van der Waals surface area contributed by atoms with Gasteiger partial charge in [-0.2, -0.15) is 11.8 Å². The second-order valence-corrected chi connectivity index (χ2v) is 4.73. The first-order chi connectivity index (χ1) is 6.16. The summed E-state index contributed by atoms with van der Waals surface area (Å²) in [5, 5.41) is 7.76. The Morgan fingerprint density at radius 2 is 2.38 bits per heavy atom. The lowest BCUT2D eigenvalue weighted by Crippen LogP contribution is -2.17. The molecule has 1 rings (SSSR count). The second kappa shape index (κ2) is 4.97. The molecule has 1 atom stereocenters. The van der Waals surface area contributed by atoms with E-state index in [1.165, 1.54) is 0 Å². The third-order valence-corrected chi connectivity index (χ3v) is 3.25. The zero-order valence-corrected chi connectivity index (χ0v) is 10.1. The van der Waals surface area contributed by atoms with Crippen molar-refractivity contribution in [3.8, 4) is 0 Å². The number of aromatic nitrogens is 3. The largest absolute Gasteiger partial charge is 0.322 e. The summed E-state index contributed by atoms with van der Waals surface area (Å²) < 4.78 is 2.46. The standard InChI is InChI=1S/C7H13BrN4S/c1-3-13-4-5(9)6-7(8)10-11-12(6)2/h5H,3-4,9H2,1-2H3. The third-order valence-electron chi connectivity index (χ3n) is 1.68. The highest BCUT2D eigenvalue weighted by Crippen LogP contribution is 2.21. The van der Waals surface area contributed by atoms with Gasteiger partial charge in [-0.25, -0.2) is 4.68 Å². The summed E-state index contributed by atoms with van der Waals surface area (Å²) in [5.74, 6) is 1.98. The Kier molecular flexibility index (Phi) is 4.21. The van der Waals surface area contributed by atoms with E-state index in [4.69, 9.17) is 5.73 Å². The van der Waals surface area contributed by atoms with Gasteiger partial charge in [0.15, 0.2) is 4.60 Å². The lowest BCUT2D eigenvalue weighted by Gasteiger charge is -2.10. The van der Waals surface area contributed by atoms with Crippen LogP contribution in [0.5, 0.6) is 0 Å². The van der Waals surface area contributed by atoms with Crippen molar-refractivity contribution in [2.75, 3.05) is 11.5 Å². The van der Waals surface area contributed by atoms with Crippen molar-refractivity contribution in [2.45, 2.75) is 13.0 Å². The highest BCUT2D eigenvalue weighted by Gasteiger charge is 2.15. The van der Waals surface area contributed by atoms with Gasteiger partial charge >= 0.3 is 0 Å². The molecule has 1 aromatic rings. The van der Waals surface area contributed by atoms with Crippen molar-refractivity contribution in [1.82, 2.24) is 15.0 Å². The minimum atomic E-state index is -0.000625. The van der Waals surface area contributed by atoms with Crippen LogP contribution in [0.2, 0.25) is 0 Å². The van der Waals surface area contributed by atoms with E-state index in [2.05, 4.69) is 33.2 Å². The normalized spacial score (nSPS) is 13.2. The number of rotatable bonds is 4. The Morgan fingerprint density at radius 1 is 1.69 bits per heavy atom. The first-order valence-electron chi connectivity index (χ1n) is 4.05. The summed E-state index contributed by atoms with van der Waals surface area (Å²) in [6, 6.07) is -0.000625. The van der Waals surface area contributed by atoms with Crippen LogP contribution in [0.4, 0.5) is 0 Å². The molecule has 0 bridgehead atoms. The van der Waals surface area contributed by atoms with Crippen LogP contribution in [0, 0.1) is 0 Å². The SMILES string of the molecule is CCSCC(N)c1c(Br)nnn1C. The van der Waals surface area contributed by atoms with Gasteiger partial charge in [0.05, 0.1) is 11.7 Å². The molecule has 0 aliphatic rings. The molecule has 0 saturated heterocycles. The molecule has 0 radical (unpaired) electrons. The zero-order valence-electron chi connectivity index (χ0n) is 7.70. The van der Waals surface area contributed by atoms with E-state index in [-0.39, 0.29) is 6.04 Å². The van der Waals surface area contributed by atoms with Crippen LogP contribution < -0.4 is 5.73 Å². The van der Waals surface area contributed by atoms with Crippen LogP contribution in [0.1, 0.15) is 18.7 Å². The number of thioether (sulfide) groups is 1. The van der Waals surface area contributed by atoms with Gasteiger partial charge in [0.1, 0.15) is 0 Å². The monoisotopic (exact) mass is 264 g/mol. The lowest BCUT2D eigenvalue weighted by molar-refractivity contribution is 0.640. The summed E-state index contributed by atoms with van der Waals surface area (Å²) in [6.07, 6.45) is 0. The van der Waals surface area contributed by atoms with E-state index >= 15 is 0 Å². The van der Waals surface area contributed by atoms with Crippen molar-refractivity contribution < 1.29 is 0 Å². The maximum Gasteiger partial charge on any atom is 0.153 e. The lowest BCUT2D eigenvalue weighted by atomic mass is 10.3. The Labute approximate surface area is 90.4 Å². The summed E-state index contributed by atoms with van der Waals surface area (Å²) in [7, 11) is 1.85. The topological polar surface area (TPSA) is 56.7 Å². The van der Waals surface area contributed by atoms with Crippen LogP contribution in [-0.4, -0.2) is 26.5 Å². The molecule has 6 heteroatoms. The van der Waals surface area contributed by atoms with Gasteiger partial charge in [-0.1, -0.05) is 12.1 Å². The van der Waals surface area contributed by atoms with Gasteiger partial charge in [-0.3, -0.25) is 0 Å². The molecule has 0 amide bonds. The molecule has 0 aliphatic carbocycles. The Balaban J connectivity index is 2.69. The molecule has 0 fully saturated rings. The summed E-state index contributed by atoms with van der Waals surface area (Å²) in [6.45, 7) is 2.12. The van der Waals surface area contributed by atoms with Crippen molar-refractivity contribution in [3.05, 3.63) is 10.3 Å². The van der Waals surface area contributed by atoms with E-state index in [0.29, 0.717) is 0 Å². The summed E-state index contributed by atoms with van der Waals surface area (Å²) in [5.41, 5.74) is 6.93. The van der Waals surface area contributed by atoms with Gasteiger partial charge in [0.25, 0.3) is 0 Å². The second-order valence-electron chi connectivity index (χ2n) is 2.66. The van der Waals surface area contributed by atoms with Crippen LogP contribution >= 0.6 is 27.7 Å². The molecule has 4 nitrogen and oxygen atoms in total. The van der Waals surface area contributed by atoms with E-state index in [0.717, 1.165) is 21.8 Å². The van der Waals surface area contributed by atoms with E-state index in [1.54, 1.807) is 4.68 Å². The van der Waals surface area contributed by atoms with Crippen LogP contribution in [0.25, 0.3) is 0 Å². The van der Waals surface area contributed by atoms with Crippen LogP contribution in [-0.2, 0) is 7.05 Å². The highest BCUT2D eigenvalue weighted by molar-refractivity contribution is 9.10. The maximum atomic E-state index is 5.98. The van der Waals surface area contributed by atoms with Gasteiger partial charge in [-0.15, -0.1) is 5.10 Å². The molecule has 2 N–H and O–H groups in total. The van der Waals surface area contributed by atoms with Crippen molar-refractivity contribution >= 4 is 27.7 Å². The Bertz CT molecular complexity index is 256. The van der Waals surface area contributed by atoms with E-state index in [1.807, 2.05) is 18.8 Å². The van der Waals surface area contributed by atoms with Crippen molar-refractivity contribution in [3.63, 3.8) is 0 Å². The predicted octanol–water partition coefficient (Wildman–Crippen LogP) is 1.33. The number of hydrogen-bond acceptors (Lipinski definition) is 4. The van der Waals surface area contributed by atoms with Gasteiger partial charge in [-0.05, 0) is 21.7 Å². The molecule has 0 spiro atoms. The molecule has 13 heavy (non-hydrogen) atoms. The fraction of sp³-hybridized carbons (Fsp3) is 0.714. The summed E-state index contributed by atoms with van der Waals surface area (Å²) >= 11 is 5.14. The van der Waals surface area contributed by atoms with Crippen LogP contribution in [0.15, 0.2) is 4.60 Å². The molecule has 74 valence electrons. The average molecular weight is 265 g/mol. The van der Waals surface area contributed by atoms with Gasteiger partial charge in [0, 0.05) is 12.8 Å². The fourth-order valence-corrected chi connectivity index (χ4v) is 2.33. The molecule has 1 aromatic heterocycles. The maximum absolute atomic E-state index is 5.98. The smallest absolute Gasteiger partial charge is 0.153 e. The fourth-order valence-electron chi connectivity index (χ4n) is 1.06. The molecule has 0 aliphatic heterocycles. The first kappa shape index (κ1) is 11.0. The number of hydrogen-bond donors (Lipinski definition) is 1. The molecule has 1 unspecified atom stereocenters. The first-order valence-corrected chi connectivity index (χ1v) is 6.00. The molecule has 0 aromatic carbocycles. The minimum absolute atomic E-state index is 0.000625.